The van der Waals surface area contributed by atoms with Crippen LogP contribution in [0.2, 0.25) is 5.15 Å². The summed E-state index contributed by atoms with van der Waals surface area (Å²) in [5, 5.41) is 1.45. The van der Waals surface area contributed by atoms with Crippen molar-refractivity contribution in [2.24, 2.45) is 0 Å². The molecule has 1 saturated carbocycles. The quantitative estimate of drug-likeness (QED) is 0.586. The highest BCUT2D eigenvalue weighted by Crippen LogP contribution is 2.35. The van der Waals surface area contributed by atoms with Gasteiger partial charge in [0.2, 0.25) is 0 Å². The minimum absolute atomic E-state index is 0.437. The zero-order chi connectivity index (χ0) is 13.5. The molecule has 3 aromatic rings. The topological polar surface area (TPSA) is 38.9 Å². The highest BCUT2D eigenvalue weighted by atomic mass is 35.5. The van der Waals surface area contributed by atoms with E-state index in [0.29, 0.717) is 16.7 Å². The fraction of sp³-hybridized carbons (Fsp3) is 0.375. The molecule has 0 unspecified atom stereocenters. The molecule has 1 fully saturated rings. The smallest absolute Gasteiger partial charge is 0.191 e. The number of hydrogen-bond acceptors (Lipinski definition) is 3. The second-order valence-corrected chi connectivity index (χ2v) is 5.84. The van der Waals surface area contributed by atoms with E-state index in [-0.39, 0.29) is 0 Å². The molecule has 2 heterocycles. The molecule has 4 heteroatoms. The maximum absolute atomic E-state index is 6.31. The standard InChI is InChI=1S/C16H15ClN2O/c17-15-14-13(11-8-4-5-9-12(11)20-14)18-16(19-15)10-6-2-1-3-7-10/h4-5,8-10H,1-3,6-7H2. The van der Waals surface area contributed by atoms with E-state index in [1.54, 1.807) is 0 Å². The molecule has 0 radical (unpaired) electrons. The molecule has 0 spiro atoms. The first-order valence-electron chi connectivity index (χ1n) is 7.17. The summed E-state index contributed by atoms with van der Waals surface area (Å²) in [7, 11) is 0. The van der Waals surface area contributed by atoms with Gasteiger partial charge in [-0.1, -0.05) is 43.0 Å². The number of halogens is 1. The van der Waals surface area contributed by atoms with Gasteiger partial charge in [0.05, 0.1) is 0 Å². The summed E-state index contributed by atoms with van der Waals surface area (Å²) >= 11 is 6.31. The minimum Gasteiger partial charge on any atom is -0.451 e. The van der Waals surface area contributed by atoms with Crippen molar-refractivity contribution in [3.8, 4) is 0 Å². The van der Waals surface area contributed by atoms with Gasteiger partial charge in [-0.05, 0) is 25.0 Å². The molecule has 0 N–H and O–H groups in total. The Hall–Kier alpha value is -1.61. The Labute approximate surface area is 122 Å². The summed E-state index contributed by atoms with van der Waals surface area (Å²) in [6.45, 7) is 0. The first-order chi connectivity index (χ1) is 9.83. The Morgan fingerprint density at radius 2 is 1.85 bits per heavy atom. The molecule has 0 aliphatic heterocycles. The van der Waals surface area contributed by atoms with Crippen LogP contribution < -0.4 is 0 Å². The second kappa shape index (κ2) is 4.74. The van der Waals surface area contributed by atoms with Gasteiger partial charge in [-0.3, -0.25) is 0 Å². The predicted molar refractivity (Wildman–Crippen MR) is 80.1 cm³/mol. The summed E-state index contributed by atoms with van der Waals surface area (Å²) in [6.07, 6.45) is 6.17. The SMILES string of the molecule is Clc1nc(C2CCCCC2)nc2c1oc1ccccc12. The summed E-state index contributed by atoms with van der Waals surface area (Å²) in [5.74, 6) is 1.33. The molecule has 1 aliphatic rings. The highest BCUT2D eigenvalue weighted by molar-refractivity contribution is 6.34. The lowest BCUT2D eigenvalue weighted by Crippen LogP contribution is -2.08. The molecule has 0 bridgehead atoms. The molecule has 102 valence electrons. The van der Waals surface area contributed by atoms with Gasteiger partial charge in [0.15, 0.2) is 10.7 Å². The van der Waals surface area contributed by atoms with Crippen molar-refractivity contribution < 1.29 is 4.42 Å². The maximum Gasteiger partial charge on any atom is 0.191 e. The molecule has 1 aliphatic carbocycles. The van der Waals surface area contributed by atoms with E-state index in [1.165, 1.54) is 19.3 Å². The number of furan rings is 1. The van der Waals surface area contributed by atoms with Gasteiger partial charge >= 0.3 is 0 Å². The van der Waals surface area contributed by atoms with Crippen molar-refractivity contribution in [3.63, 3.8) is 0 Å². The first kappa shape index (κ1) is 12.2. The van der Waals surface area contributed by atoms with Crippen LogP contribution in [-0.4, -0.2) is 9.97 Å². The summed E-state index contributed by atoms with van der Waals surface area (Å²) in [6, 6.07) is 7.91. The van der Waals surface area contributed by atoms with Crippen molar-refractivity contribution in [2.75, 3.05) is 0 Å². The van der Waals surface area contributed by atoms with E-state index in [2.05, 4.69) is 4.98 Å². The van der Waals surface area contributed by atoms with E-state index in [4.69, 9.17) is 21.0 Å². The third kappa shape index (κ3) is 1.88. The Kier molecular flexibility index (Phi) is 2.88. The molecule has 4 rings (SSSR count). The summed E-state index contributed by atoms with van der Waals surface area (Å²) in [5.41, 5.74) is 2.27. The minimum atomic E-state index is 0.437. The van der Waals surface area contributed by atoms with Crippen molar-refractivity contribution in [1.29, 1.82) is 0 Å². The number of hydrogen-bond donors (Lipinski definition) is 0. The number of nitrogens with zero attached hydrogens (tertiary/aromatic N) is 2. The van der Waals surface area contributed by atoms with Crippen molar-refractivity contribution in [1.82, 2.24) is 9.97 Å². The Morgan fingerprint density at radius 3 is 2.70 bits per heavy atom. The van der Waals surface area contributed by atoms with Crippen LogP contribution in [0.25, 0.3) is 22.1 Å². The van der Waals surface area contributed by atoms with Crippen LogP contribution in [-0.2, 0) is 0 Å². The van der Waals surface area contributed by atoms with E-state index < -0.39 is 0 Å². The van der Waals surface area contributed by atoms with Crippen LogP contribution in [0.3, 0.4) is 0 Å². The lowest BCUT2D eigenvalue weighted by atomic mass is 9.88. The monoisotopic (exact) mass is 286 g/mol. The van der Waals surface area contributed by atoms with E-state index in [1.807, 2.05) is 24.3 Å². The van der Waals surface area contributed by atoms with Crippen LogP contribution in [0.4, 0.5) is 0 Å². The van der Waals surface area contributed by atoms with Crippen molar-refractivity contribution in [3.05, 3.63) is 35.2 Å². The van der Waals surface area contributed by atoms with Gasteiger partial charge in [-0.15, -0.1) is 0 Å². The average Bonchev–Trinajstić information content (AvgIpc) is 2.88. The molecule has 20 heavy (non-hydrogen) atoms. The van der Waals surface area contributed by atoms with Gasteiger partial charge < -0.3 is 4.42 Å². The van der Waals surface area contributed by atoms with Gasteiger partial charge in [0, 0.05) is 11.3 Å². The number of aromatic nitrogens is 2. The number of benzene rings is 1. The summed E-state index contributed by atoms with van der Waals surface area (Å²) < 4.78 is 5.77. The summed E-state index contributed by atoms with van der Waals surface area (Å²) in [4.78, 5) is 9.24. The van der Waals surface area contributed by atoms with Crippen molar-refractivity contribution >= 4 is 33.7 Å². The highest BCUT2D eigenvalue weighted by Gasteiger charge is 2.21. The fourth-order valence-electron chi connectivity index (χ4n) is 3.12. The van der Waals surface area contributed by atoms with Crippen LogP contribution in [0.15, 0.2) is 28.7 Å². The first-order valence-corrected chi connectivity index (χ1v) is 7.55. The van der Waals surface area contributed by atoms with E-state index in [9.17, 15) is 0 Å². The Morgan fingerprint density at radius 1 is 1.05 bits per heavy atom. The molecular weight excluding hydrogens is 272 g/mol. The van der Waals surface area contributed by atoms with Gasteiger partial charge in [-0.25, -0.2) is 9.97 Å². The lowest BCUT2D eigenvalue weighted by molar-refractivity contribution is 0.429. The van der Waals surface area contributed by atoms with Gasteiger partial charge in [0.1, 0.15) is 16.9 Å². The van der Waals surface area contributed by atoms with Gasteiger partial charge in [0.25, 0.3) is 0 Å². The number of para-hydroxylation sites is 1. The normalized spacial score (nSPS) is 17.1. The lowest BCUT2D eigenvalue weighted by Gasteiger charge is -2.20. The molecule has 0 amide bonds. The molecular formula is C16H15ClN2O. The molecule has 1 aromatic carbocycles. The van der Waals surface area contributed by atoms with Crippen molar-refractivity contribution in [2.45, 2.75) is 38.0 Å². The average molecular weight is 287 g/mol. The number of rotatable bonds is 1. The van der Waals surface area contributed by atoms with Crippen LogP contribution >= 0.6 is 11.6 Å². The third-order valence-electron chi connectivity index (χ3n) is 4.17. The van der Waals surface area contributed by atoms with Crippen LogP contribution in [0.1, 0.15) is 43.8 Å². The van der Waals surface area contributed by atoms with E-state index in [0.717, 1.165) is 35.2 Å². The van der Waals surface area contributed by atoms with Crippen LogP contribution in [0, 0.1) is 0 Å². The molecule has 0 atom stereocenters. The zero-order valence-corrected chi connectivity index (χ0v) is 11.9. The Balaban J connectivity index is 1.93. The zero-order valence-electron chi connectivity index (χ0n) is 11.1. The maximum atomic E-state index is 6.31. The fourth-order valence-corrected chi connectivity index (χ4v) is 3.33. The van der Waals surface area contributed by atoms with E-state index >= 15 is 0 Å². The third-order valence-corrected chi connectivity index (χ3v) is 4.42. The molecule has 0 saturated heterocycles. The number of fused-ring (bicyclic) bond motifs is 3. The largest absolute Gasteiger partial charge is 0.451 e. The Bertz CT molecular complexity index is 775. The molecule has 2 aromatic heterocycles. The molecule has 3 nitrogen and oxygen atoms in total. The second-order valence-electron chi connectivity index (χ2n) is 5.48. The van der Waals surface area contributed by atoms with Crippen LogP contribution in [0.5, 0.6) is 0 Å². The van der Waals surface area contributed by atoms with Gasteiger partial charge in [-0.2, -0.15) is 0 Å². The predicted octanol–water partition coefficient (Wildman–Crippen LogP) is 5.08.